The molecule has 2 heterocycles. The number of nitrogens with zero attached hydrogens (tertiary/aromatic N) is 1. The third-order valence-electron chi connectivity index (χ3n) is 5.91. The van der Waals surface area contributed by atoms with Crippen molar-refractivity contribution in [1.82, 2.24) is 4.90 Å². The van der Waals surface area contributed by atoms with E-state index < -0.39 is 18.1 Å². The van der Waals surface area contributed by atoms with E-state index >= 15 is 0 Å². The summed E-state index contributed by atoms with van der Waals surface area (Å²) in [5, 5.41) is 11.6. The zero-order valence-electron chi connectivity index (χ0n) is 17.7. The van der Waals surface area contributed by atoms with Gasteiger partial charge in [0.05, 0.1) is 36.8 Å². The van der Waals surface area contributed by atoms with E-state index in [4.69, 9.17) is 20.8 Å². The molecule has 166 valence electrons. The minimum Gasteiger partial charge on any atom is -0.497 e. The van der Waals surface area contributed by atoms with Crippen LogP contribution in [0.4, 0.5) is 0 Å². The van der Waals surface area contributed by atoms with Crippen LogP contribution in [0.2, 0.25) is 5.02 Å². The molecule has 0 aliphatic carbocycles. The molecule has 33 heavy (non-hydrogen) atoms. The van der Waals surface area contributed by atoms with Gasteiger partial charge in [-0.2, -0.15) is 0 Å². The van der Waals surface area contributed by atoms with Gasteiger partial charge in [0.15, 0.2) is 5.43 Å². The number of amides is 1. The predicted octanol–water partition coefficient (Wildman–Crippen LogP) is 4.73. The second-order valence-electron chi connectivity index (χ2n) is 7.87. The molecule has 0 saturated carbocycles. The van der Waals surface area contributed by atoms with Gasteiger partial charge in [-0.25, -0.2) is 0 Å². The summed E-state index contributed by atoms with van der Waals surface area (Å²) in [5.41, 5.74) is 1.58. The smallest absolute Gasteiger partial charge is 0.291 e. The number of fused-ring (bicyclic) bond motifs is 2. The number of carbonyl (C=O) groups excluding carboxylic acids is 1. The molecule has 1 aliphatic rings. The van der Waals surface area contributed by atoms with Gasteiger partial charge < -0.3 is 19.2 Å². The Morgan fingerprint density at radius 1 is 1.06 bits per heavy atom. The lowest BCUT2D eigenvalue weighted by Gasteiger charge is -2.27. The number of benzene rings is 3. The summed E-state index contributed by atoms with van der Waals surface area (Å²) >= 11 is 6.12. The fourth-order valence-corrected chi connectivity index (χ4v) is 4.45. The first kappa shape index (κ1) is 21.2. The molecular weight excluding hydrogens is 442 g/mol. The summed E-state index contributed by atoms with van der Waals surface area (Å²) in [6.45, 7) is -0.0136. The molecule has 3 aromatic carbocycles. The topological polar surface area (TPSA) is 80.0 Å². The summed E-state index contributed by atoms with van der Waals surface area (Å²) in [6, 6.07) is 20.2. The molecule has 0 saturated heterocycles. The highest BCUT2D eigenvalue weighted by atomic mass is 35.5. The lowest BCUT2D eigenvalue weighted by atomic mass is 9.98. The van der Waals surface area contributed by atoms with Crippen molar-refractivity contribution in [1.29, 1.82) is 0 Å². The van der Waals surface area contributed by atoms with Crippen molar-refractivity contribution in [3.63, 3.8) is 0 Å². The molecule has 0 unspecified atom stereocenters. The molecule has 1 aromatic heterocycles. The Morgan fingerprint density at radius 2 is 1.79 bits per heavy atom. The summed E-state index contributed by atoms with van der Waals surface area (Å²) in [4.78, 5) is 28.5. The predicted molar refractivity (Wildman–Crippen MR) is 125 cm³/mol. The van der Waals surface area contributed by atoms with Gasteiger partial charge in [0.1, 0.15) is 11.3 Å². The third-order valence-corrected chi connectivity index (χ3v) is 6.15. The highest BCUT2D eigenvalue weighted by molar-refractivity contribution is 6.31. The minimum absolute atomic E-state index is 0.0136. The van der Waals surface area contributed by atoms with E-state index in [2.05, 4.69) is 0 Å². The largest absolute Gasteiger partial charge is 0.497 e. The first-order valence-corrected chi connectivity index (χ1v) is 10.8. The van der Waals surface area contributed by atoms with E-state index in [9.17, 15) is 14.7 Å². The van der Waals surface area contributed by atoms with Crippen LogP contribution in [-0.2, 0) is 0 Å². The zero-order valence-corrected chi connectivity index (χ0v) is 18.5. The van der Waals surface area contributed by atoms with Gasteiger partial charge in [-0.1, -0.05) is 54.1 Å². The molecule has 1 aliphatic heterocycles. The molecule has 5 rings (SSSR count). The molecule has 4 aromatic rings. The molecule has 1 amide bonds. The van der Waals surface area contributed by atoms with E-state index in [1.807, 2.05) is 18.2 Å². The minimum atomic E-state index is -0.941. The number of rotatable bonds is 5. The summed E-state index contributed by atoms with van der Waals surface area (Å²) < 4.78 is 11.2. The quantitative estimate of drug-likeness (QED) is 0.464. The molecule has 0 fully saturated rings. The van der Waals surface area contributed by atoms with Crippen LogP contribution in [0.15, 0.2) is 82.0 Å². The number of ether oxygens (including phenoxy) is 1. The van der Waals surface area contributed by atoms with Crippen LogP contribution in [0.5, 0.6) is 5.75 Å². The van der Waals surface area contributed by atoms with E-state index in [1.54, 1.807) is 61.7 Å². The van der Waals surface area contributed by atoms with Gasteiger partial charge in [0.25, 0.3) is 5.91 Å². The number of β-amino-alcohol motifs (C(OH)–C–C–N with tert-alkyl or cyclic N) is 1. The van der Waals surface area contributed by atoms with Gasteiger partial charge in [-0.15, -0.1) is 0 Å². The van der Waals surface area contributed by atoms with Crippen LogP contribution in [-0.4, -0.2) is 29.6 Å². The Labute approximate surface area is 194 Å². The normalized spacial score (nSPS) is 16.2. The van der Waals surface area contributed by atoms with Crippen LogP contribution < -0.4 is 10.2 Å². The summed E-state index contributed by atoms with van der Waals surface area (Å²) in [6.07, 6.45) is -0.941. The molecule has 0 bridgehead atoms. The molecule has 7 heteroatoms. The van der Waals surface area contributed by atoms with Gasteiger partial charge in [0.2, 0.25) is 5.76 Å². The Balaban J connectivity index is 1.67. The van der Waals surface area contributed by atoms with Gasteiger partial charge in [-0.3, -0.25) is 9.59 Å². The van der Waals surface area contributed by atoms with E-state index in [0.717, 1.165) is 0 Å². The standard InChI is InChI=1S/C26H20ClNO5/c1-32-18-10-7-16(8-11-18)23-22-24(30)19-13-17(27)9-12-21(19)33-25(22)26(31)28(23)14-20(29)15-5-3-2-4-6-15/h2-13,20,23,29H,14H2,1H3/t20-,23-/m1/s1. The Hall–Kier alpha value is -3.61. The molecule has 1 N–H and O–H groups in total. The first-order chi connectivity index (χ1) is 16.0. The lowest BCUT2D eigenvalue weighted by Crippen LogP contribution is -2.33. The maximum atomic E-state index is 13.5. The fourth-order valence-electron chi connectivity index (χ4n) is 4.28. The van der Waals surface area contributed by atoms with Crippen LogP contribution in [0.25, 0.3) is 11.0 Å². The summed E-state index contributed by atoms with van der Waals surface area (Å²) in [7, 11) is 1.57. The van der Waals surface area contributed by atoms with E-state index in [-0.39, 0.29) is 28.9 Å². The van der Waals surface area contributed by atoms with Crippen LogP contribution in [0.1, 0.15) is 39.4 Å². The number of methoxy groups -OCH3 is 1. The molecule has 0 radical (unpaired) electrons. The molecule has 6 nitrogen and oxygen atoms in total. The average molecular weight is 462 g/mol. The molecule has 0 spiro atoms. The van der Waals surface area contributed by atoms with Gasteiger partial charge in [-0.05, 0) is 41.5 Å². The van der Waals surface area contributed by atoms with E-state index in [0.29, 0.717) is 27.3 Å². The molecule has 2 atom stereocenters. The number of carbonyl (C=O) groups is 1. The van der Waals surface area contributed by atoms with E-state index in [1.165, 1.54) is 4.90 Å². The maximum absolute atomic E-state index is 13.5. The van der Waals surface area contributed by atoms with Crippen LogP contribution in [0.3, 0.4) is 0 Å². The van der Waals surface area contributed by atoms with Crippen molar-refractivity contribution in [3.8, 4) is 5.75 Å². The average Bonchev–Trinajstić information content (AvgIpc) is 3.12. The van der Waals surface area contributed by atoms with Crippen molar-refractivity contribution in [2.45, 2.75) is 12.1 Å². The van der Waals surface area contributed by atoms with Crippen molar-refractivity contribution in [2.24, 2.45) is 0 Å². The van der Waals surface area contributed by atoms with Crippen LogP contribution in [0, 0.1) is 0 Å². The summed E-state index contributed by atoms with van der Waals surface area (Å²) in [5.74, 6) is 0.183. The second kappa shape index (κ2) is 8.39. The number of aliphatic hydroxyl groups is 1. The lowest BCUT2D eigenvalue weighted by molar-refractivity contribution is 0.0583. The Morgan fingerprint density at radius 3 is 2.48 bits per heavy atom. The van der Waals surface area contributed by atoms with Crippen LogP contribution >= 0.6 is 11.6 Å². The van der Waals surface area contributed by atoms with Crippen molar-refractivity contribution >= 4 is 28.5 Å². The highest BCUT2D eigenvalue weighted by Crippen LogP contribution is 2.39. The zero-order chi connectivity index (χ0) is 23.1. The monoisotopic (exact) mass is 461 g/mol. The Bertz CT molecular complexity index is 1400. The fraction of sp³-hybridized carbons (Fsp3) is 0.154. The highest BCUT2D eigenvalue weighted by Gasteiger charge is 2.43. The van der Waals surface area contributed by atoms with Crippen molar-refractivity contribution < 1.29 is 19.1 Å². The van der Waals surface area contributed by atoms with Gasteiger partial charge >= 0.3 is 0 Å². The number of halogens is 1. The van der Waals surface area contributed by atoms with Gasteiger partial charge in [0, 0.05) is 5.02 Å². The second-order valence-corrected chi connectivity index (χ2v) is 8.31. The van der Waals surface area contributed by atoms with Crippen molar-refractivity contribution in [2.75, 3.05) is 13.7 Å². The first-order valence-electron chi connectivity index (χ1n) is 10.4. The Kier molecular flexibility index (Phi) is 5.40. The SMILES string of the molecule is COc1ccc([C@@H]2c3c(oc4ccc(Cl)cc4c3=O)C(=O)N2C[C@@H](O)c2ccccc2)cc1. The number of aliphatic hydroxyl groups excluding tert-OH is 1. The van der Waals surface area contributed by atoms with Crippen molar-refractivity contribution in [3.05, 3.63) is 110 Å². The number of hydrogen-bond donors (Lipinski definition) is 1. The number of hydrogen-bond acceptors (Lipinski definition) is 5. The molecular formula is C26H20ClNO5. The third kappa shape index (κ3) is 3.67. The maximum Gasteiger partial charge on any atom is 0.291 e.